The fourth-order valence-electron chi connectivity index (χ4n) is 1.51. The molecule has 0 aliphatic heterocycles. The fourth-order valence-corrected chi connectivity index (χ4v) is 1.87. The third kappa shape index (κ3) is 3.90. The highest BCUT2D eigenvalue weighted by Crippen LogP contribution is 2.13. The molecular weight excluding hydrogens is 365 g/mol. The predicted molar refractivity (Wildman–Crippen MR) is 85.6 cm³/mol. The van der Waals surface area contributed by atoms with E-state index in [-0.39, 0.29) is 5.57 Å². The van der Waals surface area contributed by atoms with Crippen LogP contribution in [0.3, 0.4) is 0 Å². The number of nitrogens with one attached hydrogen (secondary N) is 1. The first kappa shape index (κ1) is 14.2. The molecular formula is C15H10IN3O. The summed E-state index contributed by atoms with van der Waals surface area (Å²) in [5, 5.41) is 11.8. The molecule has 1 aromatic carbocycles. The summed E-state index contributed by atoms with van der Waals surface area (Å²) in [6, 6.07) is 12.8. The van der Waals surface area contributed by atoms with E-state index in [4.69, 9.17) is 5.26 Å². The van der Waals surface area contributed by atoms with Crippen molar-refractivity contribution in [2.45, 2.75) is 0 Å². The molecule has 0 fully saturated rings. The number of anilines is 1. The van der Waals surface area contributed by atoms with Gasteiger partial charge in [-0.25, -0.2) is 0 Å². The molecule has 0 atom stereocenters. The maximum Gasteiger partial charge on any atom is 0.266 e. The molecule has 1 aromatic heterocycles. The van der Waals surface area contributed by atoms with Crippen LogP contribution in [-0.2, 0) is 4.79 Å². The van der Waals surface area contributed by atoms with Crippen molar-refractivity contribution in [3.05, 3.63) is 63.5 Å². The number of hydrogen-bond acceptors (Lipinski definition) is 3. The van der Waals surface area contributed by atoms with Crippen LogP contribution in [0.4, 0.5) is 5.69 Å². The van der Waals surface area contributed by atoms with E-state index in [2.05, 4.69) is 32.9 Å². The fraction of sp³-hybridized carbons (Fsp3) is 0. The van der Waals surface area contributed by atoms with Gasteiger partial charge in [0, 0.05) is 21.7 Å². The minimum atomic E-state index is -0.433. The van der Waals surface area contributed by atoms with E-state index >= 15 is 0 Å². The summed E-state index contributed by atoms with van der Waals surface area (Å²) < 4.78 is 1.08. The molecule has 0 saturated carbocycles. The van der Waals surface area contributed by atoms with Crippen molar-refractivity contribution in [2.24, 2.45) is 0 Å². The van der Waals surface area contributed by atoms with E-state index in [0.29, 0.717) is 11.3 Å². The monoisotopic (exact) mass is 375 g/mol. The lowest BCUT2D eigenvalue weighted by Gasteiger charge is -2.04. The van der Waals surface area contributed by atoms with Crippen molar-refractivity contribution < 1.29 is 4.79 Å². The highest BCUT2D eigenvalue weighted by Gasteiger charge is 2.09. The Kier molecular flexibility index (Phi) is 4.85. The van der Waals surface area contributed by atoms with Gasteiger partial charge in [-0.05, 0) is 64.6 Å². The number of nitrogens with zero attached hydrogens (tertiary/aromatic N) is 2. The molecule has 0 aliphatic carbocycles. The standard InChI is InChI=1S/C15H10IN3O/c16-13-3-5-14(6-4-13)19-15(20)12(9-17)8-11-2-1-7-18-10-11/h1-8,10H,(H,19,20)/b12-8+. The lowest BCUT2D eigenvalue weighted by molar-refractivity contribution is -0.112. The van der Waals surface area contributed by atoms with Crippen molar-refractivity contribution in [2.75, 3.05) is 5.32 Å². The van der Waals surface area contributed by atoms with Crippen molar-refractivity contribution in [1.29, 1.82) is 5.26 Å². The second kappa shape index (κ2) is 6.82. The third-order valence-electron chi connectivity index (χ3n) is 2.46. The summed E-state index contributed by atoms with van der Waals surface area (Å²) in [4.78, 5) is 15.9. The van der Waals surface area contributed by atoms with Crippen LogP contribution in [-0.4, -0.2) is 10.9 Å². The average molecular weight is 375 g/mol. The smallest absolute Gasteiger partial charge is 0.266 e. The van der Waals surface area contributed by atoms with Gasteiger partial charge in [0.1, 0.15) is 11.6 Å². The van der Waals surface area contributed by atoms with Gasteiger partial charge in [-0.1, -0.05) is 6.07 Å². The normalized spacial score (nSPS) is 10.7. The Morgan fingerprint density at radius 3 is 2.65 bits per heavy atom. The zero-order valence-corrected chi connectivity index (χ0v) is 12.5. The van der Waals surface area contributed by atoms with Gasteiger partial charge in [-0.2, -0.15) is 5.26 Å². The molecule has 20 heavy (non-hydrogen) atoms. The number of hydrogen-bond donors (Lipinski definition) is 1. The molecule has 0 aliphatic rings. The Hall–Kier alpha value is -2.20. The minimum Gasteiger partial charge on any atom is -0.321 e. The molecule has 4 nitrogen and oxygen atoms in total. The van der Waals surface area contributed by atoms with Gasteiger partial charge < -0.3 is 5.32 Å². The van der Waals surface area contributed by atoms with Crippen molar-refractivity contribution in [3.8, 4) is 6.07 Å². The molecule has 0 unspecified atom stereocenters. The van der Waals surface area contributed by atoms with Crippen molar-refractivity contribution >= 4 is 40.3 Å². The van der Waals surface area contributed by atoms with Gasteiger partial charge >= 0.3 is 0 Å². The van der Waals surface area contributed by atoms with Crippen LogP contribution in [0.15, 0.2) is 54.4 Å². The molecule has 1 amide bonds. The summed E-state index contributed by atoms with van der Waals surface area (Å²) in [6.07, 6.45) is 4.74. The lowest BCUT2D eigenvalue weighted by atomic mass is 10.1. The zero-order valence-electron chi connectivity index (χ0n) is 10.4. The molecule has 1 heterocycles. The maximum atomic E-state index is 12.0. The number of halogens is 1. The van der Waals surface area contributed by atoms with Crippen LogP contribution < -0.4 is 5.32 Å². The minimum absolute atomic E-state index is 0.0385. The topological polar surface area (TPSA) is 65.8 Å². The number of nitriles is 1. The second-order valence-corrected chi connectivity index (χ2v) is 5.16. The van der Waals surface area contributed by atoms with Gasteiger partial charge in [0.25, 0.3) is 5.91 Å². The first-order chi connectivity index (χ1) is 9.69. The van der Waals surface area contributed by atoms with Gasteiger partial charge in [0.2, 0.25) is 0 Å². The predicted octanol–water partition coefficient (Wildman–Crippen LogP) is 3.23. The summed E-state index contributed by atoms with van der Waals surface area (Å²) in [5.41, 5.74) is 1.40. The average Bonchev–Trinajstić information content (AvgIpc) is 2.48. The third-order valence-corrected chi connectivity index (χ3v) is 3.18. The Labute approximate surface area is 130 Å². The Bertz CT molecular complexity index is 673. The van der Waals surface area contributed by atoms with Crippen LogP contribution >= 0.6 is 22.6 Å². The van der Waals surface area contributed by atoms with Gasteiger partial charge in [0.05, 0.1) is 0 Å². The number of carbonyl (C=O) groups excluding carboxylic acids is 1. The SMILES string of the molecule is N#C/C(=C\c1cccnc1)C(=O)Nc1ccc(I)cc1. The number of carbonyl (C=O) groups is 1. The summed E-state index contributed by atoms with van der Waals surface area (Å²) >= 11 is 2.18. The molecule has 2 rings (SSSR count). The largest absolute Gasteiger partial charge is 0.321 e. The van der Waals surface area contributed by atoms with Crippen LogP contribution in [0.2, 0.25) is 0 Å². The molecule has 1 N–H and O–H groups in total. The zero-order chi connectivity index (χ0) is 14.4. The number of aromatic nitrogens is 1. The lowest BCUT2D eigenvalue weighted by Crippen LogP contribution is -2.13. The summed E-state index contributed by atoms with van der Waals surface area (Å²) in [7, 11) is 0. The Balaban J connectivity index is 2.16. The van der Waals surface area contributed by atoms with Gasteiger partial charge in [-0.3, -0.25) is 9.78 Å². The van der Waals surface area contributed by atoms with Crippen molar-refractivity contribution in [3.63, 3.8) is 0 Å². The van der Waals surface area contributed by atoms with Gasteiger partial charge in [0.15, 0.2) is 0 Å². The van der Waals surface area contributed by atoms with Crippen LogP contribution in [0.5, 0.6) is 0 Å². The molecule has 0 bridgehead atoms. The first-order valence-corrected chi connectivity index (χ1v) is 6.85. The van der Waals surface area contributed by atoms with Crippen LogP contribution in [0.1, 0.15) is 5.56 Å². The molecule has 5 heteroatoms. The molecule has 2 aromatic rings. The van der Waals surface area contributed by atoms with Crippen LogP contribution in [0.25, 0.3) is 6.08 Å². The van der Waals surface area contributed by atoms with E-state index in [0.717, 1.165) is 3.57 Å². The number of rotatable bonds is 3. The van der Waals surface area contributed by atoms with Gasteiger partial charge in [-0.15, -0.1) is 0 Å². The quantitative estimate of drug-likeness (QED) is 0.509. The molecule has 0 radical (unpaired) electrons. The van der Waals surface area contributed by atoms with E-state index in [1.807, 2.05) is 18.2 Å². The Morgan fingerprint density at radius 1 is 1.30 bits per heavy atom. The highest BCUT2D eigenvalue weighted by atomic mass is 127. The number of amides is 1. The Morgan fingerprint density at radius 2 is 2.05 bits per heavy atom. The highest BCUT2D eigenvalue weighted by molar-refractivity contribution is 14.1. The van der Waals surface area contributed by atoms with E-state index in [1.54, 1.807) is 36.7 Å². The first-order valence-electron chi connectivity index (χ1n) is 5.78. The summed E-state index contributed by atoms with van der Waals surface area (Å²) in [5.74, 6) is -0.433. The molecule has 0 saturated heterocycles. The second-order valence-electron chi connectivity index (χ2n) is 3.92. The van der Waals surface area contributed by atoms with E-state index in [9.17, 15) is 4.79 Å². The van der Waals surface area contributed by atoms with Crippen LogP contribution in [0, 0.1) is 14.9 Å². The number of benzene rings is 1. The van der Waals surface area contributed by atoms with E-state index in [1.165, 1.54) is 6.08 Å². The molecule has 98 valence electrons. The number of pyridine rings is 1. The van der Waals surface area contributed by atoms with Crippen molar-refractivity contribution in [1.82, 2.24) is 4.98 Å². The summed E-state index contributed by atoms with van der Waals surface area (Å²) in [6.45, 7) is 0. The molecule has 0 spiro atoms. The van der Waals surface area contributed by atoms with E-state index < -0.39 is 5.91 Å². The maximum absolute atomic E-state index is 12.0.